The highest BCUT2D eigenvalue weighted by molar-refractivity contribution is 6.03. The number of hydrogen-bond acceptors (Lipinski definition) is 3. The van der Waals surface area contributed by atoms with Gasteiger partial charge in [-0.1, -0.05) is 19.9 Å². The molecule has 118 valence electrons. The Morgan fingerprint density at radius 1 is 1.27 bits per heavy atom. The molecule has 1 fully saturated rings. The second-order valence-corrected chi connectivity index (χ2v) is 5.46. The Morgan fingerprint density at radius 3 is 2.55 bits per heavy atom. The Labute approximate surface area is 126 Å². The average molecular weight is 310 g/mol. The van der Waals surface area contributed by atoms with Crippen molar-refractivity contribution < 1.29 is 23.2 Å². The summed E-state index contributed by atoms with van der Waals surface area (Å²) >= 11 is 0. The van der Waals surface area contributed by atoms with E-state index in [-0.39, 0.29) is 24.3 Å². The number of rotatable bonds is 3. The van der Waals surface area contributed by atoms with Crippen molar-refractivity contribution in [2.45, 2.75) is 38.6 Å². The number of carbonyl (C=O) groups excluding carboxylic acids is 3. The Bertz CT molecular complexity index is 644. The Kier molecular flexibility index (Phi) is 4.54. The summed E-state index contributed by atoms with van der Waals surface area (Å²) in [7, 11) is 0. The number of carbonyl (C=O) groups is 3. The van der Waals surface area contributed by atoms with E-state index in [9.17, 15) is 23.2 Å². The zero-order chi connectivity index (χ0) is 16.4. The van der Waals surface area contributed by atoms with Gasteiger partial charge in [0.1, 0.15) is 6.04 Å². The van der Waals surface area contributed by atoms with Gasteiger partial charge >= 0.3 is 0 Å². The molecule has 2 rings (SSSR count). The van der Waals surface area contributed by atoms with Crippen molar-refractivity contribution >= 4 is 17.7 Å². The van der Waals surface area contributed by atoms with Crippen LogP contribution in [0.1, 0.15) is 48.5 Å². The molecule has 1 unspecified atom stereocenters. The van der Waals surface area contributed by atoms with Crippen molar-refractivity contribution in [2.24, 2.45) is 0 Å². The van der Waals surface area contributed by atoms with E-state index < -0.39 is 41.0 Å². The van der Waals surface area contributed by atoms with Crippen LogP contribution in [0.5, 0.6) is 0 Å². The van der Waals surface area contributed by atoms with Gasteiger partial charge in [0.05, 0.1) is 5.56 Å². The first kappa shape index (κ1) is 16.1. The van der Waals surface area contributed by atoms with Crippen molar-refractivity contribution in [3.05, 3.63) is 34.9 Å². The van der Waals surface area contributed by atoms with E-state index >= 15 is 0 Å². The van der Waals surface area contributed by atoms with Crippen LogP contribution < -0.4 is 10.6 Å². The van der Waals surface area contributed by atoms with Gasteiger partial charge < -0.3 is 5.32 Å². The van der Waals surface area contributed by atoms with E-state index in [1.165, 1.54) is 12.1 Å². The molecule has 0 aromatic heterocycles. The molecule has 0 radical (unpaired) electrons. The third-order valence-electron chi connectivity index (χ3n) is 3.52. The molecule has 2 N–H and O–H groups in total. The summed E-state index contributed by atoms with van der Waals surface area (Å²) in [4.78, 5) is 34.6. The number of hydrogen-bond donors (Lipinski definition) is 2. The molecule has 0 aliphatic carbocycles. The SMILES string of the molecule is CC(C)c1ccc(C(=O)NC2CCC(=O)NC2=O)c(F)c1F. The molecule has 1 aromatic rings. The lowest BCUT2D eigenvalue weighted by atomic mass is 9.99. The molecular formula is C15H16F2N2O3. The maximum Gasteiger partial charge on any atom is 0.255 e. The summed E-state index contributed by atoms with van der Waals surface area (Å²) in [6.45, 7) is 3.42. The topological polar surface area (TPSA) is 75.3 Å². The van der Waals surface area contributed by atoms with Gasteiger partial charge in [0.2, 0.25) is 11.8 Å². The van der Waals surface area contributed by atoms with Gasteiger partial charge in [-0.3, -0.25) is 19.7 Å². The molecule has 1 aromatic carbocycles. The van der Waals surface area contributed by atoms with Crippen LogP contribution in [0.2, 0.25) is 0 Å². The third-order valence-corrected chi connectivity index (χ3v) is 3.52. The number of imide groups is 1. The number of benzene rings is 1. The molecule has 0 spiro atoms. The van der Waals surface area contributed by atoms with E-state index in [0.717, 1.165) is 0 Å². The highest BCUT2D eigenvalue weighted by Gasteiger charge is 2.29. The quantitative estimate of drug-likeness (QED) is 0.833. The van der Waals surface area contributed by atoms with Crippen LogP contribution >= 0.6 is 0 Å². The zero-order valence-electron chi connectivity index (χ0n) is 12.2. The van der Waals surface area contributed by atoms with Crippen molar-refractivity contribution in [3.8, 4) is 0 Å². The van der Waals surface area contributed by atoms with Gasteiger partial charge in [-0.2, -0.15) is 0 Å². The van der Waals surface area contributed by atoms with Gasteiger partial charge in [0.25, 0.3) is 5.91 Å². The molecule has 7 heteroatoms. The molecule has 3 amide bonds. The summed E-state index contributed by atoms with van der Waals surface area (Å²) in [5.74, 6) is -4.48. The van der Waals surface area contributed by atoms with Gasteiger partial charge in [-0.05, 0) is 24.0 Å². The minimum atomic E-state index is -1.24. The number of piperidine rings is 1. The zero-order valence-corrected chi connectivity index (χ0v) is 12.2. The molecule has 5 nitrogen and oxygen atoms in total. The third kappa shape index (κ3) is 3.13. The first-order chi connectivity index (χ1) is 10.3. The predicted molar refractivity (Wildman–Crippen MR) is 74.1 cm³/mol. The number of halogens is 2. The highest BCUT2D eigenvalue weighted by atomic mass is 19.2. The standard InChI is InChI=1S/C15H16F2N2O3/c1-7(2)8-3-4-9(13(17)12(8)16)14(21)18-10-5-6-11(20)19-15(10)22/h3-4,7,10H,5-6H2,1-2H3,(H,18,21)(H,19,20,22). The molecule has 0 bridgehead atoms. The highest BCUT2D eigenvalue weighted by Crippen LogP contribution is 2.23. The van der Waals surface area contributed by atoms with Crippen LogP contribution in [-0.4, -0.2) is 23.8 Å². The van der Waals surface area contributed by atoms with Gasteiger partial charge in [0, 0.05) is 6.42 Å². The molecule has 1 saturated heterocycles. The smallest absolute Gasteiger partial charge is 0.255 e. The summed E-state index contributed by atoms with van der Waals surface area (Å²) in [6.07, 6.45) is 0.213. The number of nitrogens with one attached hydrogen (secondary N) is 2. The van der Waals surface area contributed by atoms with Crippen LogP contribution in [0.4, 0.5) is 8.78 Å². The second-order valence-electron chi connectivity index (χ2n) is 5.46. The van der Waals surface area contributed by atoms with Crippen molar-refractivity contribution in [1.82, 2.24) is 10.6 Å². The summed E-state index contributed by atoms with van der Waals surface area (Å²) < 4.78 is 27.9. The largest absolute Gasteiger partial charge is 0.340 e. The van der Waals surface area contributed by atoms with E-state index in [1.54, 1.807) is 13.8 Å². The fraction of sp³-hybridized carbons (Fsp3) is 0.400. The molecular weight excluding hydrogens is 294 g/mol. The Morgan fingerprint density at radius 2 is 1.95 bits per heavy atom. The van der Waals surface area contributed by atoms with Crippen molar-refractivity contribution in [3.63, 3.8) is 0 Å². The first-order valence-corrected chi connectivity index (χ1v) is 6.93. The maximum absolute atomic E-state index is 14.0. The molecule has 22 heavy (non-hydrogen) atoms. The van der Waals surface area contributed by atoms with E-state index in [0.29, 0.717) is 0 Å². The van der Waals surface area contributed by atoms with Crippen molar-refractivity contribution in [1.29, 1.82) is 0 Å². The normalized spacial score (nSPS) is 18.3. The van der Waals surface area contributed by atoms with E-state index in [4.69, 9.17) is 0 Å². The fourth-order valence-corrected chi connectivity index (χ4v) is 2.25. The lowest BCUT2D eigenvalue weighted by Gasteiger charge is -2.22. The molecule has 0 saturated carbocycles. The lowest BCUT2D eigenvalue weighted by Crippen LogP contribution is -2.52. The monoisotopic (exact) mass is 310 g/mol. The van der Waals surface area contributed by atoms with Crippen LogP contribution in [-0.2, 0) is 9.59 Å². The number of amides is 3. The average Bonchev–Trinajstić information content (AvgIpc) is 2.44. The van der Waals surface area contributed by atoms with Crippen LogP contribution in [0.3, 0.4) is 0 Å². The van der Waals surface area contributed by atoms with Crippen LogP contribution in [0.15, 0.2) is 12.1 Å². The first-order valence-electron chi connectivity index (χ1n) is 6.93. The summed E-state index contributed by atoms with van der Waals surface area (Å²) in [5.41, 5.74) is -0.290. The minimum absolute atomic E-state index is 0.0832. The van der Waals surface area contributed by atoms with E-state index in [1.807, 2.05) is 0 Å². The second kappa shape index (κ2) is 6.21. The molecule has 1 aliphatic heterocycles. The summed E-state index contributed by atoms with van der Waals surface area (Å²) in [5, 5.41) is 4.39. The Hall–Kier alpha value is -2.31. The predicted octanol–water partition coefficient (Wildman–Crippen LogP) is 1.62. The van der Waals surface area contributed by atoms with Crippen LogP contribution in [0, 0.1) is 11.6 Å². The fourth-order valence-electron chi connectivity index (χ4n) is 2.25. The minimum Gasteiger partial charge on any atom is -0.340 e. The van der Waals surface area contributed by atoms with Crippen molar-refractivity contribution in [2.75, 3.05) is 0 Å². The summed E-state index contributed by atoms with van der Waals surface area (Å²) in [6, 6.07) is 1.61. The molecule has 1 aliphatic rings. The molecule has 1 atom stereocenters. The van der Waals surface area contributed by atoms with Gasteiger partial charge in [0.15, 0.2) is 11.6 Å². The van der Waals surface area contributed by atoms with Gasteiger partial charge in [-0.25, -0.2) is 8.78 Å². The van der Waals surface area contributed by atoms with Gasteiger partial charge in [-0.15, -0.1) is 0 Å². The lowest BCUT2D eigenvalue weighted by molar-refractivity contribution is -0.134. The van der Waals surface area contributed by atoms with Crippen LogP contribution in [0.25, 0.3) is 0 Å². The Balaban J connectivity index is 2.18. The maximum atomic E-state index is 14.0. The molecule has 1 heterocycles. The van der Waals surface area contributed by atoms with E-state index in [2.05, 4.69) is 10.6 Å².